The predicted octanol–water partition coefficient (Wildman–Crippen LogP) is 4.13. The van der Waals surface area contributed by atoms with Crippen molar-refractivity contribution in [2.24, 2.45) is 0 Å². The maximum absolute atomic E-state index is 14.2. The normalized spacial score (nSPS) is 10.9. The van der Waals surface area contributed by atoms with Crippen molar-refractivity contribution in [1.29, 1.82) is 0 Å². The Kier molecular flexibility index (Phi) is 4.12. The summed E-state index contributed by atoms with van der Waals surface area (Å²) in [5.41, 5.74) is 2.15. The van der Waals surface area contributed by atoms with E-state index in [1.807, 2.05) is 0 Å². The zero-order valence-electron chi connectivity index (χ0n) is 14.2. The number of esters is 1. The van der Waals surface area contributed by atoms with Gasteiger partial charge in [-0.15, -0.1) is 0 Å². The summed E-state index contributed by atoms with van der Waals surface area (Å²) >= 11 is 0. The number of hydrogen-bond acceptors (Lipinski definition) is 4. The summed E-state index contributed by atoms with van der Waals surface area (Å²) in [6.07, 6.45) is 0. The second kappa shape index (κ2) is 6.60. The minimum atomic E-state index is -0.631. The van der Waals surface area contributed by atoms with Crippen molar-refractivity contribution in [3.8, 4) is 22.5 Å². The van der Waals surface area contributed by atoms with Gasteiger partial charge in [0.15, 0.2) is 11.3 Å². The van der Waals surface area contributed by atoms with Crippen molar-refractivity contribution >= 4 is 11.6 Å². The standard InChI is InChI=1S/C20H13F2N3O2/c1-27-20(26)18-10-17(14-4-2-3-5-15(14)22)23-19-11-16(24-25(18)19)12-6-8-13(21)9-7-12/h2-11H,1H3. The van der Waals surface area contributed by atoms with Gasteiger partial charge in [-0.2, -0.15) is 5.10 Å². The smallest absolute Gasteiger partial charge is 0.356 e. The molecule has 0 atom stereocenters. The van der Waals surface area contributed by atoms with Crippen LogP contribution >= 0.6 is 0 Å². The van der Waals surface area contributed by atoms with Gasteiger partial charge in [0.05, 0.1) is 18.5 Å². The molecule has 4 rings (SSSR count). The Morgan fingerprint density at radius 3 is 2.44 bits per heavy atom. The first-order chi connectivity index (χ1) is 13.1. The number of fused-ring (bicyclic) bond motifs is 1. The molecule has 0 radical (unpaired) electrons. The Bertz CT molecular complexity index is 1150. The number of rotatable bonds is 3. The van der Waals surface area contributed by atoms with Crippen LogP contribution in [0, 0.1) is 11.6 Å². The molecular weight excluding hydrogens is 352 g/mol. The van der Waals surface area contributed by atoms with Gasteiger partial charge in [-0.1, -0.05) is 12.1 Å². The molecule has 0 bridgehead atoms. The van der Waals surface area contributed by atoms with Crippen molar-refractivity contribution in [3.63, 3.8) is 0 Å². The molecule has 134 valence electrons. The summed E-state index contributed by atoms with van der Waals surface area (Å²) in [6, 6.07) is 15.0. The molecule has 0 aliphatic heterocycles. The van der Waals surface area contributed by atoms with Gasteiger partial charge in [0.1, 0.15) is 11.6 Å². The summed E-state index contributed by atoms with van der Waals surface area (Å²) in [7, 11) is 1.25. The van der Waals surface area contributed by atoms with Gasteiger partial charge < -0.3 is 4.74 Å². The lowest BCUT2D eigenvalue weighted by Gasteiger charge is -2.07. The number of methoxy groups -OCH3 is 1. The molecule has 0 spiro atoms. The van der Waals surface area contributed by atoms with E-state index in [1.165, 1.54) is 35.9 Å². The van der Waals surface area contributed by atoms with Crippen LogP contribution in [0.15, 0.2) is 60.7 Å². The van der Waals surface area contributed by atoms with Gasteiger partial charge in [0.2, 0.25) is 0 Å². The first-order valence-electron chi connectivity index (χ1n) is 8.07. The SMILES string of the molecule is COC(=O)c1cc(-c2ccccc2F)nc2cc(-c3ccc(F)cc3)nn12. The quantitative estimate of drug-likeness (QED) is 0.512. The highest BCUT2D eigenvalue weighted by Gasteiger charge is 2.18. The third kappa shape index (κ3) is 3.03. The van der Waals surface area contributed by atoms with Gasteiger partial charge in [0.25, 0.3) is 0 Å². The van der Waals surface area contributed by atoms with Gasteiger partial charge in [-0.05, 0) is 42.5 Å². The second-order valence-electron chi connectivity index (χ2n) is 5.80. The molecule has 4 aromatic rings. The van der Waals surface area contributed by atoms with Gasteiger partial charge in [-0.25, -0.2) is 23.1 Å². The van der Waals surface area contributed by atoms with E-state index in [2.05, 4.69) is 10.1 Å². The Labute approximate surface area is 152 Å². The molecule has 2 heterocycles. The molecule has 0 saturated carbocycles. The molecule has 2 aromatic heterocycles. The van der Waals surface area contributed by atoms with Crippen molar-refractivity contribution in [3.05, 3.63) is 78.0 Å². The third-order valence-electron chi connectivity index (χ3n) is 4.11. The highest BCUT2D eigenvalue weighted by Crippen LogP contribution is 2.26. The number of benzene rings is 2. The number of nitrogens with zero attached hydrogens (tertiary/aromatic N) is 3. The monoisotopic (exact) mass is 365 g/mol. The van der Waals surface area contributed by atoms with Crippen LogP contribution in [0.25, 0.3) is 28.2 Å². The molecule has 7 heteroatoms. The van der Waals surface area contributed by atoms with Crippen LogP contribution in [0.3, 0.4) is 0 Å². The number of halogens is 2. The molecule has 0 unspecified atom stereocenters. The largest absolute Gasteiger partial charge is 0.464 e. The van der Waals surface area contributed by atoms with E-state index < -0.39 is 11.8 Å². The minimum absolute atomic E-state index is 0.106. The number of ether oxygens (including phenoxy) is 1. The van der Waals surface area contributed by atoms with Crippen molar-refractivity contribution in [2.45, 2.75) is 0 Å². The molecule has 2 aromatic carbocycles. The second-order valence-corrected chi connectivity index (χ2v) is 5.80. The van der Waals surface area contributed by atoms with Gasteiger partial charge >= 0.3 is 5.97 Å². The number of carbonyl (C=O) groups is 1. The molecule has 0 aliphatic rings. The molecule has 0 saturated heterocycles. The van der Waals surface area contributed by atoms with Gasteiger partial charge in [-0.3, -0.25) is 0 Å². The van der Waals surface area contributed by atoms with Crippen LogP contribution in [0.2, 0.25) is 0 Å². The Morgan fingerprint density at radius 1 is 1.00 bits per heavy atom. The third-order valence-corrected chi connectivity index (χ3v) is 4.11. The van der Waals surface area contributed by atoms with Crippen LogP contribution in [-0.2, 0) is 4.74 Å². The maximum Gasteiger partial charge on any atom is 0.356 e. The number of aromatic nitrogens is 3. The van der Waals surface area contributed by atoms with Crippen LogP contribution in [-0.4, -0.2) is 27.7 Å². The van der Waals surface area contributed by atoms with E-state index in [4.69, 9.17) is 4.74 Å². The summed E-state index contributed by atoms with van der Waals surface area (Å²) < 4.78 is 33.5. The van der Waals surface area contributed by atoms with E-state index in [0.717, 1.165) is 0 Å². The lowest BCUT2D eigenvalue weighted by atomic mass is 10.1. The maximum atomic E-state index is 14.2. The Balaban J connectivity index is 1.94. The lowest BCUT2D eigenvalue weighted by Crippen LogP contribution is -2.10. The zero-order chi connectivity index (χ0) is 19.0. The van der Waals surface area contributed by atoms with Crippen molar-refractivity contribution in [2.75, 3.05) is 7.11 Å². The van der Waals surface area contributed by atoms with Crippen molar-refractivity contribution in [1.82, 2.24) is 14.6 Å². The van der Waals surface area contributed by atoms with E-state index in [1.54, 1.807) is 36.4 Å². The molecule has 0 aliphatic carbocycles. The minimum Gasteiger partial charge on any atom is -0.464 e. The highest BCUT2D eigenvalue weighted by molar-refractivity contribution is 5.90. The molecule has 0 N–H and O–H groups in total. The van der Waals surface area contributed by atoms with Crippen LogP contribution in [0.4, 0.5) is 8.78 Å². The van der Waals surface area contributed by atoms with E-state index in [0.29, 0.717) is 16.9 Å². The number of hydrogen-bond donors (Lipinski definition) is 0. The molecule has 0 amide bonds. The lowest BCUT2D eigenvalue weighted by molar-refractivity contribution is 0.0590. The zero-order valence-corrected chi connectivity index (χ0v) is 14.2. The van der Waals surface area contributed by atoms with Crippen LogP contribution in [0.1, 0.15) is 10.5 Å². The molecule has 27 heavy (non-hydrogen) atoms. The Morgan fingerprint density at radius 2 is 1.74 bits per heavy atom. The first-order valence-corrected chi connectivity index (χ1v) is 8.07. The topological polar surface area (TPSA) is 56.5 Å². The fourth-order valence-corrected chi connectivity index (χ4v) is 2.79. The average molecular weight is 365 g/mol. The van der Waals surface area contributed by atoms with Gasteiger partial charge in [0, 0.05) is 17.2 Å². The number of carbonyl (C=O) groups excluding carboxylic acids is 1. The fraction of sp³-hybridized carbons (Fsp3) is 0.0500. The average Bonchev–Trinajstić information content (AvgIpc) is 3.11. The van der Waals surface area contributed by atoms with E-state index in [9.17, 15) is 13.6 Å². The molecule has 5 nitrogen and oxygen atoms in total. The summed E-state index contributed by atoms with van der Waals surface area (Å²) in [5, 5.41) is 4.38. The van der Waals surface area contributed by atoms with Crippen LogP contribution < -0.4 is 0 Å². The predicted molar refractivity (Wildman–Crippen MR) is 95.1 cm³/mol. The fourth-order valence-electron chi connectivity index (χ4n) is 2.79. The van der Waals surface area contributed by atoms with Crippen molar-refractivity contribution < 1.29 is 18.3 Å². The highest BCUT2D eigenvalue weighted by atomic mass is 19.1. The summed E-state index contributed by atoms with van der Waals surface area (Å²) in [6.45, 7) is 0. The first kappa shape index (κ1) is 16.8. The molecular formula is C20H13F2N3O2. The summed E-state index contributed by atoms with van der Waals surface area (Å²) in [5.74, 6) is -1.45. The van der Waals surface area contributed by atoms with E-state index >= 15 is 0 Å². The van der Waals surface area contributed by atoms with Crippen LogP contribution in [0.5, 0.6) is 0 Å². The molecule has 0 fully saturated rings. The summed E-state index contributed by atoms with van der Waals surface area (Å²) in [4.78, 5) is 16.7. The Hall–Kier alpha value is -3.61. The van der Waals surface area contributed by atoms with E-state index in [-0.39, 0.29) is 22.8 Å².